The number of hydrogen-bond donors (Lipinski definition) is 2. The Bertz CT molecular complexity index is 346. The Hall–Kier alpha value is -1.36. The van der Waals surface area contributed by atoms with Gasteiger partial charge in [0.25, 0.3) is 5.91 Å². The number of carbonyl (C=O) groups excluding carboxylic acids is 1. The number of aliphatic hydroxyl groups excluding tert-OH is 1. The van der Waals surface area contributed by atoms with Gasteiger partial charge in [-0.25, -0.2) is 0 Å². The van der Waals surface area contributed by atoms with Crippen LogP contribution >= 0.6 is 0 Å². The molecule has 0 aliphatic carbocycles. The second-order valence-electron chi connectivity index (χ2n) is 3.52. The predicted octanol–water partition coefficient (Wildman–Crippen LogP) is 1.00. The summed E-state index contributed by atoms with van der Waals surface area (Å²) in [5.41, 5.74) is 0.845. The van der Waals surface area contributed by atoms with E-state index < -0.39 is 0 Å². The summed E-state index contributed by atoms with van der Waals surface area (Å²) in [6, 6.07) is 0.103. The molecule has 0 aromatic carbocycles. The Morgan fingerprint density at radius 3 is 2.80 bits per heavy atom. The fourth-order valence-corrected chi connectivity index (χ4v) is 1.12. The van der Waals surface area contributed by atoms with Gasteiger partial charge in [-0.15, -0.1) is 0 Å². The Morgan fingerprint density at radius 2 is 2.33 bits per heavy atom. The van der Waals surface area contributed by atoms with Crippen molar-refractivity contribution in [2.24, 2.45) is 0 Å². The van der Waals surface area contributed by atoms with Crippen molar-refractivity contribution in [1.29, 1.82) is 0 Å². The largest absolute Gasteiger partial charge is 0.388 e. The minimum absolute atomic E-state index is 0.103. The molecule has 0 spiro atoms. The smallest absolute Gasteiger partial charge is 0.273 e. The van der Waals surface area contributed by atoms with E-state index in [1.165, 1.54) is 0 Å². The van der Waals surface area contributed by atoms with Gasteiger partial charge in [-0.2, -0.15) is 0 Å². The summed E-state index contributed by atoms with van der Waals surface area (Å²) >= 11 is 0. The van der Waals surface area contributed by atoms with Crippen LogP contribution < -0.4 is 5.32 Å². The van der Waals surface area contributed by atoms with E-state index >= 15 is 0 Å². The van der Waals surface area contributed by atoms with Gasteiger partial charge in [0.2, 0.25) is 0 Å². The highest BCUT2D eigenvalue weighted by Crippen LogP contribution is 2.12. The van der Waals surface area contributed by atoms with Crippen molar-refractivity contribution in [1.82, 2.24) is 10.5 Å². The summed E-state index contributed by atoms with van der Waals surface area (Å²) in [4.78, 5) is 11.6. The van der Waals surface area contributed by atoms with E-state index in [1.807, 2.05) is 13.8 Å². The quantitative estimate of drug-likeness (QED) is 0.780. The van der Waals surface area contributed by atoms with E-state index in [1.54, 1.807) is 6.92 Å². The Labute approximate surface area is 88.5 Å². The minimum atomic E-state index is -0.259. The highest BCUT2D eigenvalue weighted by molar-refractivity contribution is 5.93. The molecule has 0 fully saturated rings. The van der Waals surface area contributed by atoms with Gasteiger partial charge in [-0.05, 0) is 20.3 Å². The molecule has 84 valence electrons. The SMILES string of the molecule is CCC(C)NC(=O)c1noc(CO)c1C. The van der Waals surface area contributed by atoms with Crippen molar-refractivity contribution < 1.29 is 14.4 Å². The maximum atomic E-state index is 11.6. The third-order valence-electron chi connectivity index (χ3n) is 2.37. The summed E-state index contributed by atoms with van der Waals surface area (Å²) < 4.78 is 4.82. The highest BCUT2D eigenvalue weighted by Gasteiger charge is 2.18. The first-order chi connectivity index (χ1) is 7.10. The third kappa shape index (κ3) is 2.56. The van der Waals surface area contributed by atoms with Crippen LogP contribution in [-0.2, 0) is 6.61 Å². The van der Waals surface area contributed by atoms with Crippen molar-refractivity contribution in [3.05, 3.63) is 17.0 Å². The first kappa shape index (κ1) is 11.7. The molecule has 1 aromatic heterocycles. The standard InChI is InChI=1S/C10H16N2O3/c1-4-6(2)11-10(14)9-7(3)8(5-13)15-12-9/h6,13H,4-5H2,1-3H3,(H,11,14). The van der Waals surface area contributed by atoms with Crippen LogP contribution in [0.1, 0.15) is 42.1 Å². The predicted molar refractivity (Wildman–Crippen MR) is 54.4 cm³/mol. The molecule has 15 heavy (non-hydrogen) atoms. The number of hydrogen-bond acceptors (Lipinski definition) is 4. The zero-order chi connectivity index (χ0) is 11.4. The number of carbonyl (C=O) groups is 1. The molecule has 1 heterocycles. The molecular formula is C10H16N2O3. The summed E-state index contributed by atoms with van der Waals surface area (Å²) in [6.45, 7) is 5.36. The zero-order valence-corrected chi connectivity index (χ0v) is 9.20. The van der Waals surface area contributed by atoms with E-state index in [4.69, 9.17) is 9.63 Å². The van der Waals surface area contributed by atoms with Crippen molar-refractivity contribution in [2.75, 3.05) is 0 Å². The first-order valence-electron chi connectivity index (χ1n) is 4.97. The molecule has 5 nitrogen and oxygen atoms in total. The lowest BCUT2D eigenvalue weighted by Crippen LogP contribution is -2.32. The van der Waals surface area contributed by atoms with Crippen LogP contribution in [0.25, 0.3) is 0 Å². The second-order valence-corrected chi connectivity index (χ2v) is 3.52. The van der Waals surface area contributed by atoms with Gasteiger partial charge in [0.1, 0.15) is 6.61 Å². The summed E-state index contributed by atoms with van der Waals surface area (Å²) in [5, 5.41) is 15.3. The molecule has 1 rings (SSSR count). The van der Waals surface area contributed by atoms with Gasteiger partial charge in [0.15, 0.2) is 11.5 Å². The number of nitrogens with one attached hydrogen (secondary N) is 1. The average Bonchev–Trinajstić information content (AvgIpc) is 2.59. The van der Waals surface area contributed by atoms with E-state index in [2.05, 4.69) is 10.5 Å². The van der Waals surface area contributed by atoms with E-state index in [-0.39, 0.29) is 24.2 Å². The van der Waals surface area contributed by atoms with Gasteiger partial charge in [-0.3, -0.25) is 4.79 Å². The molecule has 0 radical (unpaired) electrons. The highest BCUT2D eigenvalue weighted by atomic mass is 16.5. The van der Waals surface area contributed by atoms with Gasteiger partial charge in [0, 0.05) is 11.6 Å². The lowest BCUT2D eigenvalue weighted by molar-refractivity contribution is 0.0929. The lowest BCUT2D eigenvalue weighted by atomic mass is 10.2. The zero-order valence-electron chi connectivity index (χ0n) is 9.20. The Balaban J connectivity index is 2.78. The van der Waals surface area contributed by atoms with Crippen LogP contribution in [-0.4, -0.2) is 22.2 Å². The summed E-state index contributed by atoms with van der Waals surface area (Å²) in [7, 11) is 0. The topological polar surface area (TPSA) is 75.4 Å². The minimum Gasteiger partial charge on any atom is -0.388 e. The van der Waals surface area contributed by atoms with Crippen molar-refractivity contribution in [3.8, 4) is 0 Å². The monoisotopic (exact) mass is 212 g/mol. The molecule has 1 amide bonds. The molecule has 0 bridgehead atoms. The maximum Gasteiger partial charge on any atom is 0.273 e. The Morgan fingerprint density at radius 1 is 1.67 bits per heavy atom. The van der Waals surface area contributed by atoms with Crippen LogP contribution in [0.15, 0.2) is 4.52 Å². The van der Waals surface area contributed by atoms with Crippen LogP contribution in [0.3, 0.4) is 0 Å². The summed E-state index contributed by atoms with van der Waals surface area (Å²) in [6.07, 6.45) is 0.857. The number of aromatic nitrogens is 1. The number of amides is 1. The molecule has 0 saturated carbocycles. The molecular weight excluding hydrogens is 196 g/mol. The normalized spacial score (nSPS) is 12.5. The van der Waals surface area contributed by atoms with Crippen LogP contribution in [0.5, 0.6) is 0 Å². The molecule has 2 N–H and O–H groups in total. The first-order valence-corrected chi connectivity index (χ1v) is 4.97. The molecule has 0 aliphatic heterocycles. The van der Waals surface area contributed by atoms with E-state index in [9.17, 15) is 4.79 Å². The molecule has 1 unspecified atom stereocenters. The van der Waals surface area contributed by atoms with E-state index in [0.29, 0.717) is 11.3 Å². The van der Waals surface area contributed by atoms with Crippen LogP contribution in [0.2, 0.25) is 0 Å². The molecule has 1 aromatic rings. The fraction of sp³-hybridized carbons (Fsp3) is 0.600. The Kier molecular flexibility index (Phi) is 3.85. The average molecular weight is 212 g/mol. The van der Waals surface area contributed by atoms with Crippen LogP contribution in [0, 0.1) is 6.92 Å². The summed E-state index contributed by atoms with van der Waals surface area (Å²) in [5.74, 6) is 0.0783. The molecule has 1 atom stereocenters. The van der Waals surface area contributed by atoms with Crippen molar-refractivity contribution >= 4 is 5.91 Å². The number of nitrogens with zero attached hydrogens (tertiary/aromatic N) is 1. The lowest BCUT2D eigenvalue weighted by Gasteiger charge is -2.09. The fourth-order valence-electron chi connectivity index (χ4n) is 1.12. The third-order valence-corrected chi connectivity index (χ3v) is 2.37. The van der Waals surface area contributed by atoms with Gasteiger partial charge in [0.05, 0.1) is 0 Å². The van der Waals surface area contributed by atoms with Gasteiger partial charge >= 0.3 is 0 Å². The number of rotatable bonds is 4. The van der Waals surface area contributed by atoms with Crippen molar-refractivity contribution in [3.63, 3.8) is 0 Å². The van der Waals surface area contributed by atoms with Gasteiger partial charge < -0.3 is 14.9 Å². The molecule has 5 heteroatoms. The second kappa shape index (κ2) is 4.93. The maximum absolute atomic E-state index is 11.6. The van der Waals surface area contributed by atoms with E-state index in [0.717, 1.165) is 6.42 Å². The molecule has 0 saturated heterocycles. The van der Waals surface area contributed by atoms with Crippen molar-refractivity contribution in [2.45, 2.75) is 39.8 Å². The molecule has 0 aliphatic rings. The van der Waals surface area contributed by atoms with Gasteiger partial charge in [-0.1, -0.05) is 12.1 Å². The number of aliphatic hydroxyl groups is 1. The van der Waals surface area contributed by atoms with Crippen LogP contribution in [0.4, 0.5) is 0 Å².